The van der Waals surface area contributed by atoms with Gasteiger partial charge in [0.15, 0.2) is 0 Å². The Balaban J connectivity index is 1.86. The minimum absolute atomic E-state index is 0.00693. The van der Waals surface area contributed by atoms with Crippen molar-refractivity contribution in [2.24, 2.45) is 0 Å². The number of fused-ring (bicyclic) bond motifs is 1. The molecule has 1 unspecified atom stereocenters. The largest absolute Gasteiger partial charge is 0.334 e. The molecule has 0 N–H and O–H groups in total. The van der Waals surface area contributed by atoms with Crippen molar-refractivity contribution in [1.82, 2.24) is 9.80 Å². The molecule has 1 aliphatic rings. The molecule has 1 aliphatic heterocycles. The van der Waals surface area contributed by atoms with E-state index >= 15 is 0 Å². The molecule has 1 atom stereocenters. The molecular formula is C21H24N2O2. The van der Waals surface area contributed by atoms with Crippen molar-refractivity contribution in [2.75, 3.05) is 19.6 Å². The first kappa shape index (κ1) is 17.2. The van der Waals surface area contributed by atoms with Gasteiger partial charge in [-0.15, -0.1) is 0 Å². The first-order valence-electron chi connectivity index (χ1n) is 8.84. The summed E-state index contributed by atoms with van der Waals surface area (Å²) in [6, 6.07) is 14.6. The molecule has 0 spiro atoms. The van der Waals surface area contributed by atoms with Gasteiger partial charge in [0.1, 0.15) is 6.54 Å². The predicted molar refractivity (Wildman–Crippen MR) is 100 cm³/mol. The summed E-state index contributed by atoms with van der Waals surface area (Å²) in [5.41, 5.74) is 1.20. The van der Waals surface area contributed by atoms with Gasteiger partial charge in [-0.1, -0.05) is 49.0 Å². The lowest BCUT2D eigenvalue weighted by molar-refractivity contribution is -0.138. The highest BCUT2D eigenvalue weighted by Gasteiger charge is 2.31. The number of carbonyl (C=O) groups is 2. The average Bonchev–Trinajstić information content (AvgIpc) is 3.14. The van der Waals surface area contributed by atoms with Gasteiger partial charge >= 0.3 is 0 Å². The highest BCUT2D eigenvalue weighted by molar-refractivity contribution is 5.91. The topological polar surface area (TPSA) is 40.6 Å². The molecule has 25 heavy (non-hydrogen) atoms. The van der Waals surface area contributed by atoms with E-state index in [0.29, 0.717) is 6.54 Å². The van der Waals surface area contributed by atoms with Gasteiger partial charge in [0.25, 0.3) is 0 Å². The summed E-state index contributed by atoms with van der Waals surface area (Å²) in [5.74, 6) is -0.191. The van der Waals surface area contributed by atoms with Crippen LogP contribution in [0.15, 0.2) is 55.1 Å². The van der Waals surface area contributed by atoms with Gasteiger partial charge in [0.05, 0.1) is 6.04 Å². The first-order chi connectivity index (χ1) is 12.2. The average molecular weight is 336 g/mol. The maximum absolute atomic E-state index is 12.9. The van der Waals surface area contributed by atoms with E-state index in [1.54, 1.807) is 0 Å². The van der Waals surface area contributed by atoms with Crippen LogP contribution in [0.5, 0.6) is 0 Å². The third kappa shape index (κ3) is 3.43. The van der Waals surface area contributed by atoms with Crippen molar-refractivity contribution >= 4 is 22.6 Å². The van der Waals surface area contributed by atoms with Crippen molar-refractivity contribution in [3.63, 3.8) is 0 Å². The Hall–Kier alpha value is -2.62. The molecule has 2 aromatic carbocycles. The molecule has 1 heterocycles. The number of carbonyl (C=O) groups excluding carboxylic acids is 2. The summed E-state index contributed by atoms with van der Waals surface area (Å²) < 4.78 is 0. The monoisotopic (exact) mass is 336 g/mol. The Morgan fingerprint density at radius 2 is 2.00 bits per heavy atom. The van der Waals surface area contributed by atoms with E-state index < -0.39 is 0 Å². The number of hydrogen-bond acceptors (Lipinski definition) is 2. The van der Waals surface area contributed by atoms with Gasteiger partial charge in [-0.2, -0.15) is 0 Å². The highest BCUT2D eigenvalue weighted by atomic mass is 16.2. The molecule has 0 saturated carbocycles. The standard InChI is InChI=1S/C21H24N2O2/c1-3-20(24)22(4-2)15-21(25)23-14-8-13-19(23)18-12-7-10-16-9-5-6-11-17(16)18/h3,5-7,9-12,19H,1,4,8,13-15H2,2H3. The molecule has 2 aromatic rings. The van der Waals surface area contributed by atoms with E-state index in [1.807, 2.05) is 24.0 Å². The summed E-state index contributed by atoms with van der Waals surface area (Å²) in [7, 11) is 0. The van der Waals surface area contributed by atoms with Crippen molar-refractivity contribution < 1.29 is 9.59 Å². The Labute approximate surface area is 148 Å². The van der Waals surface area contributed by atoms with Crippen LogP contribution in [0.25, 0.3) is 10.8 Å². The Morgan fingerprint density at radius 3 is 2.76 bits per heavy atom. The summed E-state index contributed by atoms with van der Waals surface area (Å²) in [5, 5.41) is 2.39. The normalized spacial score (nSPS) is 16.8. The van der Waals surface area contributed by atoms with Gasteiger partial charge in [-0.05, 0) is 42.2 Å². The number of likely N-dealkylation sites (tertiary alicyclic amines) is 1. The van der Waals surface area contributed by atoms with Gasteiger partial charge < -0.3 is 9.80 Å². The summed E-state index contributed by atoms with van der Waals surface area (Å²) in [4.78, 5) is 28.2. The molecule has 4 heteroatoms. The van der Waals surface area contributed by atoms with Gasteiger partial charge in [0, 0.05) is 13.1 Å². The summed E-state index contributed by atoms with van der Waals surface area (Å²) in [6.07, 6.45) is 3.21. The predicted octanol–water partition coefficient (Wildman–Crippen LogP) is 3.54. The maximum atomic E-state index is 12.9. The number of amides is 2. The third-order valence-corrected chi connectivity index (χ3v) is 4.95. The quantitative estimate of drug-likeness (QED) is 0.784. The molecule has 0 bridgehead atoms. The zero-order valence-corrected chi connectivity index (χ0v) is 14.6. The summed E-state index contributed by atoms with van der Waals surface area (Å²) in [6.45, 7) is 6.75. The Morgan fingerprint density at radius 1 is 1.24 bits per heavy atom. The van der Waals surface area contributed by atoms with E-state index in [-0.39, 0.29) is 24.4 Å². The summed E-state index contributed by atoms with van der Waals surface area (Å²) >= 11 is 0. The maximum Gasteiger partial charge on any atom is 0.246 e. The van der Waals surface area contributed by atoms with Gasteiger partial charge in [0.2, 0.25) is 11.8 Å². The van der Waals surface area contributed by atoms with E-state index in [4.69, 9.17) is 0 Å². The highest BCUT2D eigenvalue weighted by Crippen LogP contribution is 2.35. The molecular weight excluding hydrogens is 312 g/mol. The van der Waals surface area contributed by atoms with Crippen LogP contribution in [0.3, 0.4) is 0 Å². The van der Waals surface area contributed by atoms with Crippen LogP contribution in [0, 0.1) is 0 Å². The SMILES string of the molecule is C=CC(=O)N(CC)CC(=O)N1CCCC1c1cccc2ccccc12. The van der Waals surface area contributed by atoms with Crippen LogP contribution in [-0.4, -0.2) is 41.2 Å². The molecule has 2 amide bonds. The van der Waals surface area contributed by atoms with Gasteiger partial charge in [-0.3, -0.25) is 9.59 Å². The van der Waals surface area contributed by atoms with E-state index in [1.165, 1.54) is 27.3 Å². The minimum atomic E-state index is -0.197. The Bertz CT molecular complexity index is 794. The van der Waals surface area contributed by atoms with Crippen molar-refractivity contribution in [1.29, 1.82) is 0 Å². The Kier molecular flexibility index (Phi) is 5.17. The fourth-order valence-corrected chi connectivity index (χ4v) is 3.66. The molecule has 0 aromatic heterocycles. The van der Waals surface area contributed by atoms with Crippen molar-refractivity contribution in [2.45, 2.75) is 25.8 Å². The second-order valence-corrected chi connectivity index (χ2v) is 6.37. The minimum Gasteiger partial charge on any atom is -0.334 e. The van der Waals surface area contributed by atoms with Gasteiger partial charge in [-0.25, -0.2) is 0 Å². The van der Waals surface area contributed by atoms with Crippen LogP contribution < -0.4 is 0 Å². The second kappa shape index (κ2) is 7.51. The number of likely N-dealkylation sites (N-methyl/N-ethyl adjacent to an activating group) is 1. The third-order valence-electron chi connectivity index (χ3n) is 4.95. The lowest BCUT2D eigenvalue weighted by atomic mass is 9.97. The van der Waals surface area contributed by atoms with E-state index in [0.717, 1.165) is 19.4 Å². The molecule has 1 saturated heterocycles. The first-order valence-corrected chi connectivity index (χ1v) is 8.84. The smallest absolute Gasteiger partial charge is 0.246 e. The number of hydrogen-bond donors (Lipinski definition) is 0. The molecule has 0 radical (unpaired) electrons. The van der Waals surface area contributed by atoms with Crippen LogP contribution in [0.1, 0.15) is 31.4 Å². The fourth-order valence-electron chi connectivity index (χ4n) is 3.66. The van der Waals surface area contributed by atoms with Crippen molar-refractivity contribution in [3.05, 3.63) is 60.7 Å². The van der Waals surface area contributed by atoms with Crippen LogP contribution in [0.4, 0.5) is 0 Å². The lowest BCUT2D eigenvalue weighted by Gasteiger charge is -2.29. The van der Waals surface area contributed by atoms with E-state index in [2.05, 4.69) is 36.9 Å². The second-order valence-electron chi connectivity index (χ2n) is 6.37. The molecule has 0 aliphatic carbocycles. The number of benzene rings is 2. The molecule has 3 rings (SSSR count). The zero-order valence-electron chi connectivity index (χ0n) is 14.6. The number of rotatable bonds is 5. The van der Waals surface area contributed by atoms with Crippen LogP contribution in [0.2, 0.25) is 0 Å². The zero-order chi connectivity index (χ0) is 17.8. The lowest BCUT2D eigenvalue weighted by Crippen LogP contribution is -2.42. The van der Waals surface area contributed by atoms with E-state index in [9.17, 15) is 9.59 Å². The fraction of sp³-hybridized carbons (Fsp3) is 0.333. The van der Waals surface area contributed by atoms with Crippen LogP contribution >= 0.6 is 0 Å². The molecule has 130 valence electrons. The molecule has 4 nitrogen and oxygen atoms in total. The molecule has 1 fully saturated rings. The van der Waals surface area contributed by atoms with Crippen LogP contribution in [-0.2, 0) is 9.59 Å². The number of nitrogens with zero attached hydrogens (tertiary/aromatic N) is 2. The van der Waals surface area contributed by atoms with Crippen molar-refractivity contribution in [3.8, 4) is 0 Å².